The summed E-state index contributed by atoms with van der Waals surface area (Å²) >= 11 is 0. The summed E-state index contributed by atoms with van der Waals surface area (Å²) in [5, 5.41) is 9.11. The van der Waals surface area contributed by atoms with Crippen LogP contribution in [0, 0.1) is 0 Å². The Balaban J connectivity index is 1.69. The second-order valence-corrected chi connectivity index (χ2v) is 7.07. The maximum Gasteiger partial charge on any atom is 0.352 e. The van der Waals surface area contributed by atoms with E-state index in [2.05, 4.69) is 33.2 Å². The lowest BCUT2D eigenvalue weighted by molar-refractivity contribution is 0.0691. The number of aromatic amines is 1. The smallest absolute Gasteiger partial charge is 0.352 e. The van der Waals surface area contributed by atoms with E-state index in [0.29, 0.717) is 28.7 Å². The highest BCUT2D eigenvalue weighted by molar-refractivity contribution is 5.88. The first kappa shape index (κ1) is 17.3. The number of nitrogens with one attached hydrogen (secondary N) is 1. The molecule has 1 aromatic carbocycles. The van der Waals surface area contributed by atoms with Gasteiger partial charge in [0.25, 0.3) is 0 Å². The van der Waals surface area contributed by atoms with Crippen molar-refractivity contribution < 1.29 is 9.90 Å². The summed E-state index contributed by atoms with van der Waals surface area (Å²) in [7, 11) is 0. The summed E-state index contributed by atoms with van der Waals surface area (Å²) in [4.78, 5) is 22.9. The van der Waals surface area contributed by atoms with Gasteiger partial charge in [0.2, 0.25) is 0 Å². The van der Waals surface area contributed by atoms with Gasteiger partial charge in [-0.3, -0.25) is 0 Å². The fourth-order valence-corrected chi connectivity index (χ4v) is 3.78. The standard InChI is InChI=1S/C21H22N4O2/c22-17-12-24-20(25-19(17)16-10-18(21(26)27)23-11-16)15-8-4-7-14(9-15)13-5-2-1-3-6-13/h4,7-13,23H,1-3,5-6,22H2,(H,26,27). The van der Waals surface area contributed by atoms with Gasteiger partial charge >= 0.3 is 5.97 Å². The van der Waals surface area contributed by atoms with Crippen LogP contribution in [0.4, 0.5) is 5.69 Å². The molecule has 4 N–H and O–H groups in total. The molecule has 0 spiro atoms. The van der Waals surface area contributed by atoms with Gasteiger partial charge in [-0.15, -0.1) is 0 Å². The molecule has 1 aliphatic rings. The molecule has 0 aliphatic heterocycles. The average molecular weight is 362 g/mol. The lowest BCUT2D eigenvalue weighted by Gasteiger charge is -2.22. The topological polar surface area (TPSA) is 105 Å². The van der Waals surface area contributed by atoms with E-state index in [1.807, 2.05) is 6.07 Å². The minimum atomic E-state index is -1.02. The molecule has 0 atom stereocenters. The number of hydrogen-bond donors (Lipinski definition) is 3. The number of carboxylic acids is 1. The van der Waals surface area contributed by atoms with E-state index in [0.717, 1.165) is 5.56 Å². The van der Waals surface area contributed by atoms with Gasteiger partial charge in [0, 0.05) is 17.3 Å². The van der Waals surface area contributed by atoms with Gasteiger partial charge in [0.1, 0.15) is 5.69 Å². The van der Waals surface area contributed by atoms with Crippen molar-refractivity contribution >= 4 is 11.7 Å². The third kappa shape index (κ3) is 3.56. The average Bonchev–Trinajstić information content (AvgIpc) is 3.19. The van der Waals surface area contributed by atoms with E-state index < -0.39 is 5.97 Å². The molecule has 3 aromatic rings. The van der Waals surface area contributed by atoms with E-state index in [4.69, 9.17) is 10.8 Å². The molecule has 2 aromatic heterocycles. The van der Waals surface area contributed by atoms with Crippen LogP contribution >= 0.6 is 0 Å². The Morgan fingerprint density at radius 1 is 1.15 bits per heavy atom. The number of anilines is 1. The molecule has 1 fully saturated rings. The number of rotatable bonds is 4. The Labute approximate surface area is 157 Å². The third-order valence-corrected chi connectivity index (χ3v) is 5.23. The molecule has 1 saturated carbocycles. The minimum absolute atomic E-state index is 0.101. The predicted molar refractivity (Wildman–Crippen MR) is 104 cm³/mol. The number of carboxylic acid groups (broad SMARTS) is 1. The van der Waals surface area contributed by atoms with Gasteiger partial charge in [-0.2, -0.15) is 0 Å². The summed E-state index contributed by atoms with van der Waals surface area (Å²) in [6.45, 7) is 0. The fraction of sp³-hybridized carbons (Fsp3) is 0.286. The molecule has 6 nitrogen and oxygen atoms in total. The fourth-order valence-electron chi connectivity index (χ4n) is 3.78. The molecule has 27 heavy (non-hydrogen) atoms. The highest BCUT2D eigenvalue weighted by atomic mass is 16.4. The Morgan fingerprint density at radius 2 is 1.96 bits per heavy atom. The van der Waals surface area contributed by atoms with Crippen molar-refractivity contribution in [1.82, 2.24) is 15.0 Å². The molecule has 1 aliphatic carbocycles. The highest BCUT2D eigenvalue weighted by Crippen LogP contribution is 2.34. The third-order valence-electron chi connectivity index (χ3n) is 5.23. The molecule has 0 bridgehead atoms. The maximum absolute atomic E-state index is 11.1. The molecule has 0 amide bonds. The minimum Gasteiger partial charge on any atom is -0.477 e. The van der Waals surface area contributed by atoms with Gasteiger partial charge < -0.3 is 15.8 Å². The lowest BCUT2D eigenvalue weighted by Crippen LogP contribution is -2.04. The van der Waals surface area contributed by atoms with Gasteiger partial charge in [-0.25, -0.2) is 14.8 Å². The van der Waals surface area contributed by atoms with Crippen molar-refractivity contribution in [3.63, 3.8) is 0 Å². The number of carbonyl (C=O) groups is 1. The molecule has 6 heteroatoms. The number of nitrogens with zero attached hydrogens (tertiary/aromatic N) is 2. The van der Waals surface area contributed by atoms with Gasteiger partial charge in [0.05, 0.1) is 17.6 Å². The van der Waals surface area contributed by atoms with Crippen LogP contribution in [0.25, 0.3) is 22.6 Å². The summed E-state index contributed by atoms with van der Waals surface area (Å²) in [6, 6.07) is 9.94. The Kier molecular flexibility index (Phi) is 4.62. The van der Waals surface area contributed by atoms with Crippen LogP contribution < -0.4 is 5.73 Å². The first-order chi connectivity index (χ1) is 13.1. The Bertz CT molecular complexity index is 974. The number of hydrogen-bond acceptors (Lipinski definition) is 4. The van der Waals surface area contributed by atoms with Crippen LogP contribution in [0.15, 0.2) is 42.7 Å². The largest absolute Gasteiger partial charge is 0.477 e. The highest BCUT2D eigenvalue weighted by Gasteiger charge is 2.17. The molecule has 2 heterocycles. The number of aromatic carboxylic acids is 1. The molecule has 4 rings (SSSR count). The molecule has 138 valence electrons. The van der Waals surface area contributed by atoms with E-state index >= 15 is 0 Å². The number of nitrogens with two attached hydrogens (primary N) is 1. The van der Waals surface area contributed by atoms with E-state index in [9.17, 15) is 4.79 Å². The van der Waals surface area contributed by atoms with Crippen LogP contribution in [-0.2, 0) is 0 Å². The Morgan fingerprint density at radius 3 is 2.70 bits per heavy atom. The van der Waals surface area contributed by atoms with Crippen LogP contribution in [0.5, 0.6) is 0 Å². The molecule has 0 unspecified atom stereocenters. The van der Waals surface area contributed by atoms with E-state index in [-0.39, 0.29) is 5.69 Å². The van der Waals surface area contributed by atoms with Crippen molar-refractivity contribution in [2.75, 3.05) is 5.73 Å². The monoisotopic (exact) mass is 362 g/mol. The zero-order valence-electron chi connectivity index (χ0n) is 15.0. The maximum atomic E-state index is 11.1. The van der Waals surface area contributed by atoms with Gasteiger partial charge in [0.15, 0.2) is 5.82 Å². The molecular formula is C21H22N4O2. The summed E-state index contributed by atoms with van der Waals surface area (Å²) in [5.74, 6) is 0.180. The molecule has 0 saturated heterocycles. The van der Waals surface area contributed by atoms with Crippen molar-refractivity contribution in [3.8, 4) is 22.6 Å². The van der Waals surface area contributed by atoms with E-state index in [1.54, 1.807) is 12.4 Å². The predicted octanol–water partition coefficient (Wildman–Crippen LogP) is 4.47. The Hall–Kier alpha value is -3.15. The zero-order chi connectivity index (χ0) is 18.8. The SMILES string of the molecule is Nc1cnc(-c2cccc(C3CCCCC3)c2)nc1-c1c[nH]c(C(=O)O)c1. The van der Waals surface area contributed by atoms with Crippen LogP contribution in [0.2, 0.25) is 0 Å². The molecule has 0 radical (unpaired) electrons. The van der Waals surface area contributed by atoms with E-state index in [1.165, 1.54) is 43.7 Å². The van der Waals surface area contributed by atoms with Gasteiger partial charge in [-0.05, 0) is 36.5 Å². The number of nitrogen functional groups attached to an aromatic ring is 1. The zero-order valence-corrected chi connectivity index (χ0v) is 15.0. The summed E-state index contributed by atoms with van der Waals surface area (Å²) < 4.78 is 0. The lowest BCUT2D eigenvalue weighted by atomic mass is 9.83. The van der Waals surface area contributed by atoms with Crippen molar-refractivity contribution in [2.45, 2.75) is 38.0 Å². The van der Waals surface area contributed by atoms with Crippen molar-refractivity contribution in [1.29, 1.82) is 0 Å². The van der Waals surface area contributed by atoms with Crippen LogP contribution in [0.3, 0.4) is 0 Å². The van der Waals surface area contributed by atoms with Crippen molar-refractivity contribution in [3.05, 3.63) is 54.0 Å². The quantitative estimate of drug-likeness (QED) is 0.635. The number of H-pyrrole nitrogens is 1. The first-order valence-electron chi connectivity index (χ1n) is 9.27. The van der Waals surface area contributed by atoms with Crippen LogP contribution in [-0.4, -0.2) is 26.0 Å². The normalized spacial score (nSPS) is 15.0. The first-order valence-corrected chi connectivity index (χ1v) is 9.27. The summed E-state index contributed by atoms with van der Waals surface area (Å²) in [5.41, 5.74) is 10.0. The number of benzene rings is 1. The number of aromatic nitrogens is 3. The summed E-state index contributed by atoms with van der Waals surface area (Å²) in [6.07, 6.45) is 9.56. The van der Waals surface area contributed by atoms with Gasteiger partial charge in [-0.1, -0.05) is 37.5 Å². The van der Waals surface area contributed by atoms with Crippen LogP contribution in [0.1, 0.15) is 54.1 Å². The second-order valence-electron chi connectivity index (χ2n) is 7.07. The molecular weight excluding hydrogens is 340 g/mol. The van der Waals surface area contributed by atoms with Crippen molar-refractivity contribution in [2.24, 2.45) is 0 Å². The second kappa shape index (κ2) is 7.23.